The Kier molecular flexibility index (Phi) is 5.75. The number of fused-ring (bicyclic) bond motifs is 1. The lowest BCUT2D eigenvalue weighted by Gasteiger charge is -2.31. The highest BCUT2D eigenvalue weighted by Gasteiger charge is 2.27. The highest BCUT2D eigenvalue weighted by atomic mass is 32.2. The Morgan fingerprint density at radius 1 is 1.11 bits per heavy atom. The van der Waals surface area contributed by atoms with Gasteiger partial charge in [-0.1, -0.05) is 0 Å². The maximum atomic E-state index is 12.8. The standard InChI is InChI=1S/C23H25N7O4S/c1-15-12-20(28(2)27-15)23(31)29-10-8-17(9-11-29)34-22-19-13-26-30(21(19)24-14-25-22)16-4-6-18(7-5-16)35(3,32)33/h4-7,12-14,17H,8-11H2,1-3H3. The number of sulfone groups is 1. The van der Waals surface area contributed by atoms with Gasteiger partial charge in [0.25, 0.3) is 5.91 Å². The molecule has 1 aromatic carbocycles. The van der Waals surface area contributed by atoms with Crippen molar-refractivity contribution in [1.29, 1.82) is 0 Å². The van der Waals surface area contributed by atoms with Crippen molar-refractivity contribution in [2.24, 2.45) is 7.05 Å². The average Bonchev–Trinajstić information content (AvgIpc) is 3.42. The number of amides is 1. The first kappa shape index (κ1) is 23.0. The van der Waals surface area contributed by atoms with E-state index in [9.17, 15) is 13.2 Å². The van der Waals surface area contributed by atoms with Crippen molar-refractivity contribution in [2.45, 2.75) is 30.8 Å². The van der Waals surface area contributed by atoms with Crippen LogP contribution >= 0.6 is 0 Å². The van der Waals surface area contributed by atoms with E-state index in [1.165, 1.54) is 12.6 Å². The van der Waals surface area contributed by atoms with Gasteiger partial charge in [-0.2, -0.15) is 10.2 Å². The van der Waals surface area contributed by atoms with Gasteiger partial charge in [-0.15, -0.1) is 0 Å². The summed E-state index contributed by atoms with van der Waals surface area (Å²) in [6.07, 6.45) is 5.48. The average molecular weight is 496 g/mol. The summed E-state index contributed by atoms with van der Waals surface area (Å²) in [5, 5.41) is 9.33. The SMILES string of the molecule is Cc1cc(C(=O)N2CCC(Oc3ncnc4c3cnn4-c3ccc(S(C)(=O)=O)cc3)CC2)n(C)n1. The molecular formula is C23H25N7O4S. The molecule has 0 radical (unpaired) electrons. The van der Waals surface area contributed by atoms with Crippen LogP contribution in [0.5, 0.6) is 5.88 Å². The smallest absolute Gasteiger partial charge is 0.272 e. The van der Waals surface area contributed by atoms with Gasteiger partial charge in [0.05, 0.1) is 22.5 Å². The first-order valence-electron chi connectivity index (χ1n) is 11.2. The molecule has 0 bridgehead atoms. The zero-order valence-corrected chi connectivity index (χ0v) is 20.4. The summed E-state index contributed by atoms with van der Waals surface area (Å²) >= 11 is 0. The molecule has 4 heterocycles. The summed E-state index contributed by atoms with van der Waals surface area (Å²) in [4.78, 5) is 23.6. The highest BCUT2D eigenvalue weighted by Crippen LogP contribution is 2.27. The molecule has 35 heavy (non-hydrogen) atoms. The van der Waals surface area contributed by atoms with Crippen LogP contribution < -0.4 is 4.74 Å². The molecule has 0 N–H and O–H groups in total. The Bertz CT molecular complexity index is 1500. The Morgan fingerprint density at radius 3 is 2.46 bits per heavy atom. The van der Waals surface area contributed by atoms with Gasteiger partial charge in [0.15, 0.2) is 15.5 Å². The van der Waals surface area contributed by atoms with Crippen LogP contribution in [-0.4, -0.2) is 74.2 Å². The third-order valence-electron chi connectivity index (χ3n) is 6.07. The van der Waals surface area contributed by atoms with E-state index in [0.717, 1.165) is 5.69 Å². The number of carbonyl (C=O) groups excluding carboxylic acids is 1. The number of hydrogen-bond donors (Lipinski definition) is 0. The summed E-state index contributed by atoms with van der Waals surface area (Å²) in [6.45, 7) is 3.02. The number of hydrogen-bond acceptors (Lipinski definition) is 8. The number of rotatable bonds is 5. The topological polar surface area (TPSA) is 125 Å². The molecule has 0 spiro atoms. The number of aryl methyl sites for hydroxylation is 2. The second-order valence-corrected chi connectivity index (χ2v) is 10.7. The van der Waals surface area contributed by atoms with Crippen LogP contribution in [0.3, 0.4) is 0 Å². The monoisotopic (exact) mass is 495 g/mol. The number of likely N-dealkylation sites (tertiary alicyclic amines) is 1. The summed E-state index contributed by atoms with van der Waals surface area (Å²) in [5.41, 5.74) is 2.63. The first-order valence-corrected chi connectivity index (χ1v) is 13.1. The fourth-order valence-electron chi connectivity index (χ4n) is 4.25. The van der Waals surface area contributed by atoms with Crippen LogP contribution in [0.2, 0.25) is 0 Å². The van der Waals surface area contributed by atoms with Gasteiger partial charge in [0.1, 0.15) is 23.5 Å². The zero-order valence-electron chi connectivity index (χ0n) is 19.6. The van der Waals surface area contributed by atoms with Gasteiger partial charge in [-0.05, 0) is 37.3 Å². The molecule has 1 amide bonds. The number of carbonyl (C=O) groups is 1. The van der Waals surface area contributed by atoms with Gasteiger partial charge in [-0.25, -0.2) is 23.1 Å². The van der Waals surface area contributed by atoms with Crippen molar-refractivity contribution in [3.05, 3.63) is 54.2 Å². The Balaban J connectivity index is 1.30. The molecule has 5 rings (SSSR count). The van der Waals surface area contributed by atoms with E-state index in [2.05, 4.69) is 20.2 Å². The van der Waals surface area contributed by atoms with E-state index in [4.69, 9.17) is 4.74 Å². The minimum absolute atomic E-state index is 0.0286. The fraction of sp³-hybridized carbons (Fsp3) is 0.348. The second-order valence-electron chi connectivity index (χ2n) is 8.64. The largest absolute Gasteiger partial charge is 0.474 e. The van der Waals surface area contributed by atoms with Gasteiger partial charge in [0, 0.05) is 39.2 Å². The molecular weight excluding hydrogens is 470 g/mol. The molecule has 1 saturated heterocycles. The Morgan fingerprint density at radius 2 is 1.83 bits per heavy atom. The molecule has 0 saturated carbocycles. The number of nitrogens with zero attached hydrogens (tertiary/aromatic N) is 7. The van der Waals surface area contributed by atoms with E-state index in [-0.39, 0.29) is 16.9 Å². The Hall–Kier alpha value is -3.80. The third kappa shape index (κ3) is 4.48. The van der Waals surface area contributed by atoms with Gasteiger partial charge in [0.2, 0.25) is 5.88 Å². The molecule has 1 aliphatic rings. The van der Waals surface area contributed by atoms with Gasteiger partial charge < -0.3 is 9.64 Å². The van der Waals surface area contributed by atoms with Crippen molar-refractivity contribution in [3.63, 3.8) is 0 Å². The summed E-state index contributed by atoms with van der Waals surface area (Å²) < 4.78 is 32.9. The molecule has 12 heteroatoms. The van der Waals surface area contributed by atoms with Crippen molar-refractivity contribution in [3.8, 4) is 11.6 Å². The van der Waals surface area contributed by atoms with E-state index in [1.54, 1.807) is 52.9 Å². The molecule has 3 aromatic heterocycles. The molecule has 182 valence electrons. The second kappa shape index (κ2) is 8.77. The van der Waals surface area contributed by atoms with Crippen molar-refractivity contribution < 1.29 is 17.9 Å². The van der Waals surface area contributed by atoms with E-state index in [1.807, 2.05) is 11.8 Å². The quantitative estimate of drug-likeness (QED) is 0.411. The minimum atomic E-state index is -3.28. The maximum absolute atomic E-state index is 12.8. The van der Waals surface area contributed by atoms with Crippen LogP contribution in [-0.2, 0) is 16.9 Å². The van der Waals surface area contributed by atoms with Crippen molar-refractivity contribution >= 4 is 26.8 Å². The number of aromatic nitrogens is 6. The van der Waals surface area contributed by atoms with Crippen LogP contribution in [0.25, 0.3) is 16.7 Å². The molecule has 4 aromatic rings. The van der Waals surface area contributed by atoms with Gasteiger partial charge in [-0.3, -0.25) is 9.48 Å². The van der Waals surface area contributed by atoms with Gasteiger partial charge >= 0.3 is 0 Å². The minimum Gasteiger partial charge on any atom is -0.474 e. The van der Waals surface area contributed by atoms with Crippen LogP contribution in [0.1, 0.15) is 29.0 Å². The molecule has 0 atom stereocenters. The van der Waals surface area contributed by atoms with Crippen molar-refractivity contribution in [2.75, 3.05) is 19.3 Å². The van der Waals surface area contributed by atoms with Crippen LogP contribution in [0.4, 0.5) is 0 Å². The highest BCUT2D eigenvalue weighted by molar-refractivity contribution is 7.90. The normalized spacial score (nSPS) is 15.0. The lowest BCUT2D eigenvalue weighted by molar-refractivity contribution is 0.0580. The number of benzene rings is 1. The van der Waals surface area contributed by atoms with Crippen molar-refractivity contribution in [1.82, 2.24) is 34.4 Å². The van der Waals surface area contributed by atoms with E-state index in [0.29, 0.717) is 54.2 Å². The predicted molar refractivity (Wildman–Crippen MR) is 127 cm³/mol. The summed E-state index contributed by atoms with van der Waals surface area (Å²) in [5.74, 6) is 0.403. The van der Waals surface area contributed by atoms with E-state index >= 15 is 0 Å². The third-order valence-corrected chi connectivity index (χ3v) is 7.20. The zero-order chi connectivity index (χ0) is 24.7. The molecule has 0 unspecified atom stereocenters. The predicted octanol–water partition coefficient (Wildman–Crippen LogP) is 1.94. The first-order chi connectivity index (χ1) is 16.7. The molecule has 1 fully saturated rings. The summed E-state index contributed by atoms with van der Waals surface area (Å²) in [7, 11) is -1.51. The number of ether oxygens (including phenoxy) is 1. The van der Waals surface area contributed by atoms with E-state index < -0.39 is 9.84 Å². The fourth-order valence-corrected chi connectivity index (χ4v) is 4.88. The summed E-state index contributed by atoms with van der Waals surface area (Å²) in [6, 6.07) is 8.25. The Labute approximate surface area is 202 Å². The van der Waals surface area contributed by atoms with Crippen LogP contribution in [0.15, 0.2) is 47.8 Å². The molecule has 0 aliphatic carbocycles. The lowest BCUT2D eigenvalue weighted by Crippen LogP contribution is -2.42. The molecule has 1 aliphatic heterocycles. The lowest BCUT2D eigenvalue weighted by atomic mass is 10.1. The number of piperidine rings is 1. The van der Waals surface area contributed by atoms with Crippen LogP contribution in [0, 0.1) is 6.92 Å². The molecule has 11 nitrogen and oxygen atoms in total. The maximum Gasteiger partial charge on any atom is 0.272 e.